The highest BCUT2D eigenvalue weighted by Crippen LogP contribution is 2.09. The summed E-state index contributed by atoms with van der Waals surface area (Å²) in [6.45, 7) is 5.04. The molecule has 0 saturated carbocycles. The van der Waals surface area contributed by atoms with Gasteiger partial charge in [0.1, 0.15) is 0 Å². The molecular weight excluding hydrogens is 188 g/mol. The summed E-state index contributed by atoms with van der Waals surface area (Å²) in [6, 6.07) is 0. The van der Waals surface area contributed by atoms with E-state index in [4.69, 9.17) is 0 Å². The third kappa shape index (κ3) is 5.47. The van der Waals surface area contributed by atoms with E-state index in [1.165, 1.54) is 0 Å². The minimum atomic E-state index is -0.935. The molecule has 0 rings (SSSR count). The van der Waals surface area contributed by atoms with E-state index in [2.05, 4.69) is 10.0 Å². The Balaban J connectivity index is 4.03. The number of amides is 1. The highest BCUT2D eigenvalue weighted by Gasteiger charge is 2.20. The van der Waals surface area contributed by atoms with Crippen molar-refractivity contribution < 1.29 is 14.6 Å². The number of hydrogen-bond acceptors (Lipinski definition) is 5. The number of ether oxygens (including phenoxy) is 1. The highest BCUT2D eigenvalue weighted by atomic mass is 16.6. The van der Waals surface area contributed by atoms with Crippen LogP contribution in [0.1, 0.15) is 27.2 Å². The van der Waals surface area contributed by atoms with Crippen molar-refractivity contribution in [3.05, 3.63) is 4.91 Å². The lowest BCUT2D eigenvalue weighted by molar-refractivity contribution is 0.0527. The summed E-state index contributed by atoms with van der Waals surface area (Å²) in [6.07, 6.45) is -0.524. The van der Waals surface area contributed by atoms with Gasteiger partial charge in [-0.1, -0.05) is 0 Å². The zero-order chi connectivity index (χ0) is 11.2. The molecule has 0 aromatic heterocycles. The summed E-state index contributed by atoms with van der Waals surface area (Å²) < 4.78 is 4.57. The molecule has 0 saturated heterocycles. The van der Waals surface area contributed by atoms with E-state index in [1.54, 1.807) is 20.8 Å². The maximum absolute atomic E-state index is 11.0. The number of carbonyl (C=O) groups is 1. The first-order valence-corrected chi connectivity index (χ1v) is 4.40. The van der Waals surface area contributed by atoms with Gasteiger partial charge in [-0.05, 0) is 27.2 Å². The molecule has 14 heavy (non-hydrogen) atoms. The predicted molar refractivity (Wildman–Crippen MR) is 50.4 cm³/mol. The molecule has 0 radical (unpaired) electrons. The molecular formula is C8H16N2O4. The fourth-order valence-corrected chi connectivity index (χ4v) is 0.743. The minimum absolute atomic E-state index is 0.0475. The largest absolute Gasteiger partial charge is 0.448 e. The van der Waals surface area contributed by atoms with Crippen molar-refractivity contribution in [2.24, 2.45) is 5.29 Å². The van der Waals surface area contributed by atoms with E-state index in [0.29, 0.717) is 5.01 Å². The van der Waals surface area contributed by atoms with Crippen LogP contribution in [-0.2, 0) is 4.74 Å². The van der Waals surface area contributed by atoms with Crippen LogP contribution in [0.15, 0.2) is 5.29 Å². The zero-order valence-electron chi connectivity index (χ0n) is 8.69. The van der Waals surface area contributed by atoms with E-state index in [9.17, 15) is 14.8 Å². The average Bonchev–Trinajstić information content (AvgIpc) is 2.03. The van der Waals surface area contributed by atoms with Gasteiger partial charge >= 0.3 is 6.09 Å². The van der Waals surface area contributed by atoms with Crippen LogP contribution in [0, 0.1) is 4.91 Å². The van der Waals surface area contributed by atoms with Gasteiger partial charge in [-0.15, -0.1) is 4.91 Å². The summed E-state index contributed by atoms with van der Waals surface area (Å²) in [5.74, 6) is 0. The average molecular weight is 204 g/mol. The Morgan fingerprint density at radius 3 is 2.50 bits per heavy atom. The Hall–Kier alpha value is -1.17. The fourth-order valence-electron chi connectivity index (χ4n) is 0.743. The number of aliphatic hydroxyl groups is 1. The van der Waals surface area contributed by atoms with Crippen LogP contribution >= 0.6 is 0 Å². The van der Waals surface area contributed by atoms with Gasteiger partial charge in [-0.25, -0.2) is 4.79 Å². The van der Waals surface area contributed by atoms with Gasteiger partial charge in [0.25, 0.3) is 0 Å². The van der Waals surface area contributed by atoms with Crippen molar-refractivity contribution in [1.29, 1.82) is 0 Å². The predicted octanol–water partition coefficient (Wildman–Crippen LogP) is 1.29. The molecule has 0 aromatic rings. The number of hydrogen-bond donors (Lipinski definition) is 1. The number of nitrogens with zero attached hydrogens (tertiary/aromatic N) is 2. The van der Waals surface area contributed by atoms with Gasteiger partial charge in [0, 0.05) is 0 Å². The molecule has 0 heterocycles. The van der Waals surface area contributed by atoms with Crippen LogP contribution in [0.25, 0.3) is 0 Å². The monoisotopic (exact) mass is 204 g/mol. The van der Waals surface area contributed by atoms with Crippen molar-refractivity contribution in [3.63, 3.8) is 0 Å². The Kier molecular flexibility index (Phi) is 5.07. The number of carbonyl (C=O) groups excluding carboxylic acids is 1. The quantitative estimate of drug-likeness (QED) is 0.540. The lowest BCUT2D eigenvalue weighted by Gasteiger charge is -2.19. The summed E-state index contributed by atoms with van der Waals surface area (Å²) in [7, 11) is 0. The molecule has 0 aromatic carbocycles. The maximum Gasteiger partial charge on any atom is 0.432 e. The van der Waals surface area contributed by atoms with Crippen molar-refractivity contribution >= 4 is 6.09 Å². The van der Waals surface area contributed by atoms with Gasteiger partial charge < -0.3 is 9.84 Å². The number of rotatable bonds is 5. The molecule has 0 spiro atoms. The second-order valence-corrected chi connectivity index (χ2v) is 3.47. The smallest absolute Gasteiger partial charge is 0.432 e. The maximum atomic E-state index is 11.0. The zero-order valence-corrected chi connectivity index (χ0v) is 8.69. The van der Waals surface area contributed by atoms with Crippen LogP contribution < -0.4 is 0 Å². The second kappa shape index (κ2) is 5.54. The Bertz CT molecular complexity index is 200. The van der Waals surface area contributed by atoms with Gasteiger partial charge in [0.2, 0.25) is 0 Å². The molecule has 1 amide bonds. The molecule has 0 atom stereocenters. The molecule has 0 aliphatic rings. The molecule has 0 unspecified atom stereocenters. The van der Waals surface area contributed by atoms with Crippen LogP contribution in [0.4, 0.5) is 4.79 Å². The summed E-state index contributed by atoms with van der Waals surface area (Å²) in [5.41, 5.74) is -0.935. The second-order valence-electron chi connectivity index (χ2n) is 3.47. The standard InChI is InChI=1S/C8H16N2O4/c1-4-14-7(11)10(9-13)6-5-8(2,3)12/h12H,4-6H2,1-3H3. The molecule has 0 aliphatic heterocycles. The lowest BCUT2D eigenvalue weighted by atomic mass is 10.1. The SMILES string of the molecule is CCOC(=O)N(CCC(C)(C)O)N=O. The van der Waals surface area contributed by atoms with Gasteiger partial charge in [0.15, 0.2) is 0 Å². The summed E-state index contributed by atoms with van der Waals surface area (Å²) in [4.78, 5) is 21.3. The van der Waals surface area contributed by atoms with Crippen LogP contribution in [-0.4, -0.2) is 35.0 Å². The summed E-state index contributed by atoms with van der Waals surface area (Å²) in [5, 5.41) is 12.5. The Morgan fingerprint density at radius 2 is 2.14 bits per heavy atom. The van der Waals surface area contributed by atoms with E-state index in [-0.39, 0.29) is 19.6 Å². The lowest BCUT2D eigenvalue weighted by Crippen LogP contribution is -2.32. The van der Waals surface area contributed by atoms with Gasteiger partial charge in [0.05, 0.1) is 24.0 Å². The molecule has 0 bridgehead atoms. The van der Waals surface area contributed by atoms with Crippen molar-refractivity contribution in [2.45, 2.75) is 32.8 Å². The topological polar surface area (TPSA) is 79.2 Å². The molecule has 1 N–H and O–H groups in total. The fraction of sp³-hybridized carbons (Fsp3) is 0.875. The number of nitroso groups, excluding NO2 is 1. The Labute approximate surface area is 82.8 Å². The normalized spacial score (nSPS) is 10.9. The van der Waals surface area contributed by atoms with Crippen LogP contribution in [0.3, 0.4) is 0 Å². The molecule has 0 fully saturated rings. The third-order valence-electron chi connectivity index (χ3n) is 1.51. The first-order chi connectivity index (χ1) is 6.40. The first kappa shape index (κ1) is 12.8. The van der Waals surface area contributed by atoms with Gasteiger partial charge in [-0.3, -0.25) is 0 Å². The van der Waals surface area contributed by atoms with Crippen molar-refractivity contribution in [1.82, 2.24) is 5.01 Å². The van der Waals surface area contributed by atoms with E-state index < -0.39 is 11.7 Å². The van der Waals surface area contributed by atoms with Crippen molar-refractivity contribution in [2.75, 3.05) is 13.2 Å². The highest BCUT2D eigenvalue weighted by molar-refractivity contribution is 5.66. The third-order valence-corrected chi connectivity index (χ3v) is 1.51. The van der Waals surface area contributed by atoms with E-state index in [1.807, 2.05) is 0 Å². The van der Waals surface area contributed by atoms with Crippen LogP contribution in [0.2, 0.25) is 0 Å². The first-order valence-electron chi connectivity index (χ1n) is 4.40. The molecule has 6 heteroatoms. The molecule has 0 aliphatic carbocycles. The van der Waals surface area contributed by atoms with E-state index in [0.717, 1.165) is 0 Å². The Morgan fingerprint density at radius 1 is 1.57 bits per heavy atom. The van der Waals surface area contributed by atoms with Gasteiger partial charge in [-0.2, -0.15) is 5.01 Å². The van der Waals surface area contributed by atoms with Crippen molar-refractivity contribution in [3.8, 4) is 0 Å². The minimum Gasteiger partial charge on any atom is -0.448 e. The molecule has 6 nitrogen and oxygen atoms in total. The molecule has 82 valence electrons. The van der Waals surface area contributed by atoms with Crippen LogP contribution in [0.5, 0.6) is 0 Å². The summed E-state index contributed by atoms with van der Waals surface area (Å²) >= 11 is 0. The van der Waals surface area contributed by atoms with E-state index >= 15 is 0 Å².